The highest BCUT2D eigenvalue weighted by Crippen LogP contribution is 2.23. The Morgan fingerprint density at radius 1 is 1.60 bits per heavy atom. The molecule has 0 amide bonds. The highest BCUT2D eigenvalue weighted by atomic mass is 35.5. The maximum atomic E-state index is 13.4. The van der Waals surface area contributed by atoms with Crippen molar-refractivity contribution < 1.29 is 4.39 Å². The molecule has 0 aromatic carbocycles. The predicted octanol–water partition coefficient (Wildman–Crippen LogP) is 1.87. The molecule has 1 atom stereocenters. The van der Waals surface area contributed by atoms with Crippen LogP contribution in [0.5, 0.6) is 0 Å². The molecule has 3 nitrogen and oxygen atoms in total. The lowest BCUT2D eigenvalue weighted by Gasteiger charge is -2.07. The first-order chi connectivity index (χ1) is 7.10. The zero-order valence-electron chi connectivity index (χ0n) is 9.13. The molecule has 0 aliphatic carbocycles. The van der Waals surface area contributed by atoms with Crippen molar-refractivity contribution in [1.29, 1.82) is 0 Å². The zero-order valence-corrected chi connectivity index (χ0v) is 9.89. The van der Waals surface area contributed by atoms with Crippen LogP contribution in [0.2, 0.25) is 5.02 Å². The van der Waals surface area contributed by atoms with Gasteiger partial charge in [-0.3, -0.25) is 4.68 Å². The summed E-state index contributed by atoms with van der Waals surface area (Å²) in [5, 5.41) is 4.83. The van der Waals surface area contributed by atoms with Crippen LogP contribution in [-0.4, -0.2) is 22.5 Å². The summed E-state index contributed by atoms with van der Waals surface area (Å²) in [6, 6.07) is 0. The van der Waals surface area contributed by atoms with Crippen LogP contribution in [0.1, 0.15) is 24.7 Å². The summed E-state index contributed by atoms with van der Waals surface area (Å²) in [5.74, 6) is 0. The molecule has 0 aliphatic rings. The third-order valence-corrected chi connectivity index (χ3v) is 2.83. The summed E-state index contributed by atoms with van der Waals surface area (Å²) >= 11 is 6.09. The number of nitrogens with zero attached hydrogens (tertiary/aromatic N) is 2. The largest absolute Gasteiger partial charge is 0.330 e. The van der Waals surface area contributed by atoms with Crippen molar-refractivity contribution in [2.24, 2.45) is 12.8 Å². The number of halogens is 2. The Hall–Kier alpha value is -0.610. The second-order valence-electron chi connectivity index (χ2n) is 3.56. The molecule has 0 aliphatic heterocycles. The number of aryl methyl sites for hydroxylation is 2. The van der Waals surface area contributed by atoms with Gasteiger partial charge in [-0.15, -0.1) is 0 Å². The Balaban J connectivity index is 2.80. The van der Waals surface area contributed by atoms with E-state index in [1.165, 1.54) is 0 Å². The first-order valence-electron chi connectivity index (χ1n) is 5.14. The van der Waals surface area contributed by atoms with Crippen molar-refractivity contribution in [3.63, 3.8) is 0 Å². The number of hydrogen-bond donors (Lipinski definition) is 1. The van der Waals surface area contributed by atoms with Crippen molar-refractivity contribution in [2.45, 2.75) is 32.4 Å². The molecule has 0 saturated carbocycles. The summed E-state index contributed by atoms with van der Waals surface area (Å²) in [6.07, 6.45) is 0.482. The normalized spacial score (nSPS) is 13.1. The molecule has 2 N–H and O–H groups in total. The van der Waals surface area contributed by atoms with E-state index in [9.17, 15) is 4.39 Å². The SMILES string of the molecule is CCc1nn(C)c(CC(F)CCN)c1Cl. The van der Waals surface area contributed by atoms with E-state index >= 15 is 0 Å². The molecule has 1 unspecified atom stereocenters. The third-order valence-electron chi connectivity index (χ3n) is 2.40. The van der Waals surface area contributed by atoms with Gasteiger partial charge in [0, 0.05) is 13.5 Å². The highest BCUT2D eigenvalue weighted by molar-refractivity contribution is 6.31. The number of rotatable bonds is 5. The van der Waals surface area contributed by atoms with Gasteiger partial charge in [-0.05, 0) is 19.4 Å². The van der Waals surface area contributed by atoms with E-state index in [1.807, 2.05) is 6.92 Å². The first kappa shape index (κ1) is 12.5. The Bertz CT molecular complexity index is 325. The molecule has 1 heterocycles. The molecule has 1 aromatic heterocycles. The Labute approximate surface area is 94.4 Å². The van der Waals surface area contributed by atoms with Gasteiger partial charge in [0.05, 0.1) is 16.4 Å². The lowest BCUT2D eigenvalue weighted by molar-refractivity contribution is 0.311. The van der Waals surface area contributed by atoms with E-state index in [4.69, 9.17) is 17.3 Å². The van der Waals surface area contributed by atoms with Gasteiger partial charge in [0.25, 0.3) is 0 Å². The molecule has 5 heteroatoms. The Kier molecular flexibility index (Phi) is 4.54. The zero-order chi connectivity index (χ0) is 11.4. The number of hydrogen-bond acceptors (Lipinski definition) is 2. The average molecular weight is 234 g/mol. The molecule has 0 fully saturated rings. The molecule has 15 heavy (non-hydrogen) atoms. The fourth-order valence-electron chi connectivity index (χ4n) is 1.53. The van der Waals surface area contributed by atoms with Crippen LogP contribution in [0.25, 0.3) is 0 Å². The van der Waals surface area contributed by atoms with Crippen LogP contribution >= 0.6 is 11.6 Å². The minimum absolute atomic E-state index is 0.291. The monoisotopic (exact) mass is 233 g/mol. The van der Waals surface area contributed by atoms with Crippen molar-refractivity contribution in [3.8, 4) is 0 Å². The van der Waals surface area contributed by atoms with Gasteiger partial charge in [-0.1, -0.05) is 18.5 Å². The van der Waals surface area contributed by atoms with Crippen LogP contribution in [0.3, 0.4) is 0 Å². The fourth-order valence-corrected chi connectivity index (χ4v) is 1.91. The molecule has 1 rings (SSSR count). The minimum atomic E-state index is -0.937. The molecule has 86 valence electrons. The van der Waals surface area contributed by atoms with Gasteiger partial charge in [-0.2, -0.15) is 5.10 Å². The van der Waals surface area contributed by atoms with Crippen LogP contribution in [0.4, 0.5) is 4.39 Å². The molecule has 1 aromatic rings. The van der Waals surface area contributed by atoms with Gasteiger partial charge in [0.1, 0.15) is 6.17 Å². The lowest BCUT2D eigenvalue weighted by atomic mass is 10.1. The van der Waals surface area contributed by atoms with E-state index in [-0.39, 0.29) is 0 Å². The van der Waals surface area contributed by atoms with E-state index in [2.05, 4.69) is 5.10 Å². The van der Waals surface area contributed by atoms with Gasteiger partial charge < -0.3 is 5.73 Å². The van der Waals surface area contributed by atoms with Gasteiger partial charge in [-0.25, -0.2) is 4.39 Å². The van der Waals surface area contributed by atoms with Crippen LogP contribution in [0, 0.1) is 0 Å². The van der Waals surface area contributed by atoms with Crippen molar-refractivity contribution in [2.75, 3.05) is 6.54 Å². The van der Waals surface area contributed by atoms with E-state index in [1.54, 1.807) is 11.7 Å². The molecule has 0 spiro atoms. The quantitative estimate of drug-likeness (QED) is 0.844. The molecule has 0 radical (unpaired) electrons. The van der Waals surface area contributed by atoms with Gasteiger partial charge in [0.15, 0.2) is 0 Å². The number of aromatic nitrogens is 2. The standard InChI is InChI=1S/C10H17ClFN3/c1-3-8-10(11)9(15(2)14-8)6-7(12)4-5-13/h7H,3-6,13H2,1-2H3. The van der Waals surface area contributed by atoms with Gasteiger partial charge in [0.2, 0.25) is 0 Å². The van der Waals surface area contributed by atoms with Crippen molar-refractivity contribution in [3.05, 3.63) is 16.4 Å². The van der Waals surface area contributed by atoms with Crippen LogP contribution in [0.15, 0.2) is 0 Å². The molecule has 0 saturated heterocycles. The van der Waals surface area contributed by atoms with Crippen LogP contribution in [-0.2, 0) is 19.9 Å². The number of alkyl halides is 1. The molecule has 0 bridgehead atoms. The summed E-state index contributed by atoms with van der Waals surface area (Å²) in [4.78, 5) is 0. The number of nitrogens with two attached hydrogens (primary N) is 1. The second kappa shape index (κ2) is 5.47. The Morgan fingerprint density at radius 3 is 2.73 bits per heavy atom. The van der Waals surface area contributed by atoms with Crippen molar-refractivity contribution in [1.82, 2.24) is 9.78 Å². The van der Waals surface area contributed by atoms with E-state index in [0.29, 0.717) is 24.4 Å². The lowest BCUT2D eigenvalue weighted by Crippen LogP contribution is -2.14. The summed E-state index contributed by atoms with van der Waals surface area (Å²) in [6.45, 7) is 2.34. The summed E-state index contributed by atoms with van der Waals surface area (Å²) in [7, 11) is 1.79. The fraction of sp³-hybridized carbons (Fsp3) is 0.700. The predicted molar refractivity (Wildman–Crippen MR) is 59.9 cm³/mol. The van der Waals surface area contributed by atoms with E-state index in [0.717, 1.165) is 17.8 Å². The van der Waals surface area contributed by atoms with Gasteiger partial charge >= 0.3 is 0 Å². The van der Waals surface area contributed by atoms with Crippen molar-refractivity contribution >= 4 is 11.6 Å². The topological polar surface area (TPSA) is 43.8 Å². The average Bonchev–Trinajstić information content (AvgIpc) is 2.45. The maximum Gasteiger partial charge on any atom is 0.107 e. The van der Waals surface area contributed by atoms with E-state index < -0.39 is 6.17 Å². The molecular weight excluding hydrogens is 217 g/mol. The smallest absolute Gasteiger partial charge is 0.107 e. The summed E-state index contributed by atoms with van der Waals surface area (Å²) < 4.78 is 15.0. The van der Waals surface area contributed by atoms with Crippen LogP contribution < -0.4 is 5.73 Å². The highest BCUT2D eigenvalue weighted by Gasteiger charge is 2.16. The molecular formula is C10H17ClFN3. The second-order valence-corrected chi connectivity index (χ2v) is 3.94. The first-order valence-corrected chi connectivity index (χ1v) is 5.52. The third kappa shape index (κ3) is 2.92. The minimum Gasteiger partial charge on any atom is -0.330 e. The summed E-state index contributed by atoms with van der Waals surface area (Å²) in [5.41, 5.74) is 6.88. The Morgan fingerprint density at radius 2 is 2.27 bits per heavy atom. The maximum absolute atomic E-state index is 13.4.